The van der Waals surface area contributed by atoms with Gasteiger partial charge in [-0.15, -0.1) is 0 Å². The van der Waals surface area contributed by atoms with Gasteiger partial charge in [0.05, 0.1) is 32.1 Å². The Bertz CT molecular complexity index is 1620. The lowest BCUT2D eigenvalue weighted by atomic mass is 9.52. The van der Waals surface area contributed by atoms with Crippen LogP contribution in [0.25, 0.3) is 0 Å². The Labute approximate surface area is 199 Å². The van der Waals surface area contributed by atoms with Crippen molar-refractivity contribution < 1.29 is 52.8 Å². The van der Waals surface area contributed by atoms with Crippen molar-refractivity contribution in [1.29, 1.82) is 0 Å². The monoisotopic (exact) mass is 438 g/mol. The highest BCUT2D eigenvalue weighted by molar-refractivity contribution is 5.87. The number of esters is 2. The molecule has 3 fully saturated rings. The fourth-order valence-corrected chi connectivity index (χ4v) is 3.66. The average molecular weight is 439 g/mol. The first-order valence-electron chi connectivity index (χ1n) is 16.1. The van der Waals surface area contributed by atoms with Gasteiger partial charge in [-0.25, -0.2) is 0 Å². The lowest BCUT2D eigenvalue weighted by Crippen LogP contribution is -2.56. The molecule has 7 heteroatoms. The van der Waals surface area contributed by atoms with Gasteiger partial charge in [0.25, 0.3) is 0 Å². The number of hydrogen-bond donors (Lipinski definition) is 1. The molecule has 1 saturated carbocycles. The van der Waals surface area contributed by atoms with Crippen LogP contribution in [0, 0.1) is 11.8 Å². The summed E-state index contributed by atoms with van der Waals surface area (Å²) in [6.07, 6.45) is -7.05. The number of fused-ring (bicyclic) bond motifs is 3. The summed E-state index contributed by atoms with van der Waals surface area (Å²) in [5.74, 6) is -19.0. The Balaban J connectivity index is 1.98. The Morgan fingerprint density at radius 1 is 0.903 bits per heavy atom. The minimum absolute atomic E-state index is 0.616. The summed E-state index contributed by atoms with van der Waals surface area (Å²) in [5.41, 5.74) is -2.55. The SMILES string of the molecule is [2H]c1c([2H])c([2H])c([C@@]2([2H])[C@]3([2H])C(=O)O[C@@H]4CO[C@@H](OC)[C@H](OC(=O)[C@]3([2H])[C@@]2([2H])c2c([2H])c([2H])c([2H])c([2H])c2[2H])[C@H]4O)c([2H])c1[2H]. The highest BCUT2D eigenvalue weighted by atomic mass is 16.7. The third kappa shape index (κ3) is 3.33. The average Bonchev–Trinajstić information content (AvgIpc) is 3.01. The van der Waals surface area contributed by atoms with Crippen LogP contribution in [-0.2, 0) is 28.5 Å². The van der Waals surface area contributed by atoms with E-state index in [9.17, 15) is 20.2 Å². The van der Waals surface area contributed by atoms with E-state index in [1.165, 1.54) is 0 Å². The summed E-state index contributed by atoms with van der Waals surface area (Å²) < 4.78 is 142. The van der Waals surface area contributed by atoms with E-state index in [0.717, 1.165) is 7.11 Å². The van der Waals surface area contributed by atoms with Crippen molar-refractivity contribution in [3.63, 3.8) is 0 Å². The van der Waals surface area contributed by atoms with Gasteiger partial charge in [-0.2, -0.15) is 0 Å². The molecule has 7 nitrogen and oxygen atoms in total. The van der Waals surface area contributed by atoms with Crippen molar-refractivity contribution in [3.05, 3.63) is 71.6 Å². The van der Waals surface area contributed by atoms with Crippen LogP contribution in [0.2, 0.25) is 0 Å². The highest BCUT2D eigenvalue weighted by Gasteiger charge is 2.62. The number of aliphatic hydroxyl groups excluding tert-OH is 1. The molecule has 0 spiro atoms. The maximum atomic E-state index is 14.1. The number of ether oxygens (including phenoxy) is 4. The van der Waals surface area contributed by atoms with E-state index in [1.54, 1.807) is 0 Å². The summed E-state index contributed by atoms with van der Waals surface area (Å²) in [5, 5.41) is 10.9. The van der Waals surface area contributed by atoms with Gasteiger partial charge in [-0.05, 0) is 11.1 Å². The first-order valence-corrected chi connectivity index (χ1v) is 9.12. The van der Waals surface area contributed by atoms with Crippen LogP contribution in [0.1, 0.15) is 42.1 Å². The van der Waals surface area contributed by atoms with Crippen molar-refractivity contribution in [1.82, 2.24) is 0 Å². The molecule has 0 radical (unpaired) electrons. The molecule has 1 aliphatic carbocycles. The van der Waals surface area contributed by atoms with E-state index in [2.05, 4.69) is 0 Å². The number of carbonyl (C=O) groups is 2. The number of carbonyl (C=O) groups excluding carboxylic acids is 2. The van der Waals surface area contributed by atoms with Crippen LogP contribution < -0.4 is 0 Å². The van der Waals surface area contributed by atoms with Crippen LogP contribution >= 0.6 is 0 Å². The third-order valence-electron chi connectivity index (χ3n) is 5.05. The van der Waals surface area contributed by atoms with E-state index in [0.29, 0.717) is 0 Å². The van der Waals surface area contributed by atoms with Gasteiger partial charge in [-0.3, -0.25) is 9.59 Å². The minimum Gasteiger partial charge on any atom is -0.457 e. The topological polar surface area (TPSA) is 91.3 Å². The van der Waals surface area contributed by atoms with E-state index in [-0.39, 0.29) is 0 Å². The number of aliphatic hydroxyl groups is 1. The smallest absolute Gasteiger partial charge is 0.311 e. The molecule has 2 aromatic rings. The quantitative estimate of drug-likeness (QED) is 0.733. The maximum Gasteiger partial charge on any atom is 0.311 e. The number of rotatable bonds is 3. The normalized spacial score (nSPS) is 53.1. The molecular weight excluding hydrogens is 400 g/mol. The highest BCUT2D eigenvalue weighted by Crippen LogP contribution is 2.59. The van der Waals surface area contributed by atoms with Crippen LogP contribution in [0.4, 0.5) is 0 Å². The standard InChI is InChI=1S/C24H24O7/c1-28-24-21-20(25)15(12-29-24)30-22(26)18-16(13-8-4-2-5-9-13)17(19(18)23(27)31-21)14-10-6-3-7-11-14/h2-11,15-21,24-25H,12H2,1H3/t15-,16-,17+,18+,19-,20+,21-,24-/m1/s1/i2D,3D,4D,5D,6D,7D,8D,9D,10D,11D,16D,17D,18D,19D. The maximum absolute atomic E-state index is 14.1. The molecule has 0 unspecified atom stereocenters. The second-order valence-corrected chi connectivity index (χ2v) is 6.74. The van der Waals surface area contributed by atoms with E-state index >= 15 is 0 Å². The third-order valence-corrected chi connectivity index (χ3v) is 5.05. The van der Waals surface area contributed by atoms with Crippen molar-refractivity contribution in [2.75, 3.05) is 13.7 Å². The largest absolute Gasteiger partial charge is 0.457 e. The van der Waals surface area contributed by atoms with Gasteiger partial charge in [0.15, 0.2) is 18.5 Å². The second-order valence-electron chi connectivity index (χ2n) is 6.74. The molecule has 162 valence electrons. The van der Waals surface area contributed by atoms with Crippen molar-refractivity contribution in [2.45, 2.75) is 36.4 Å². The first kappa shape index (κ1) is 9.81. The van der Waals surface area contributed by atoms with Crippen LogP contribution in [-0.4, -0.2) is 55.4 Å². The molecule has 5 rings (SSSR count). The predicted octanol–water partition coefficient (Wildman–Crippen LogP) is 2.00. The summed E-state index contributed by atoms with van der Waals surface area (Å²) in [7, 11) is 1.09. The fourth-order valence-electron chi connectivity index (χ4n) is 3.66. The van der Waals surface area contributed by atoms with Gasteiger partial charge in [0.2, 0.25) is 0 Å². The molecule has 0 amide bonds. The van der Waals surface area contributed by atoms with E-state index in [1.807, 2.05) is 0 Å². The summed E-state index contributed by atoms with van der Waals surface area (Å²) in [6.45, 7) is -0.616. The zero-order valence-electron chi connectivity index (χ0n) is 29.9. The molecule has 3 aliphatic rings. The molecule has 2 heterocycles. The van der Waals surface area contributed by atoms with Crippen LogP contribution in [0.5, 0.6) is 0 Å². The molecular formula is C24H24O7. The zero-order valence-corrected chi connectivity index (χ0v) is 15.9. The first-order chi connectivity index (χ1) is 20.7. The summed E-state index contributed by atoms with van der Waals surface area (Å²) >= 11 is 0. The summed E-state index contributed by atoms with van der Waals surface area (Å²) in [6, 6.07) is -11.4. The van der Waals surface area contributed by atoms with Crippen LogP contribution in [0.3, 0.4) is 0 Å². The van der Waals surface area contributed by atoms with E-state index < -0.39 is 138 Å². The molecule has 2 saturated heterocycles. The molecule has 2 aliphatic heterocycles. The number of methoxy groups -OCH3 is 1. The lowest BCUT2D eigenvalue weighted by Gasteiger charge is -2.49. The van der Waals surface area contributed by atoms with Gasteiger partial charge >= 0.3 is 11.9 Å². The minimum atomic E-state index is -3.83. The van der Waals surface area contributed by atoms with Gasteiger partial charge < -0.3 is 24.1 Å². The number of hydrogen-bond acceptors (Lipinski definition) is 7. The predicted molar refractivity (Wildman–Crippen MR) is 108 cm³/mol. The molecule has 31 heavy (non-hydrogen) atoms. The Kier molecular flexibility index (Phi) is 2.56. The molecule has 2 aromatic carbocycles. The van der Waals surface area contributed by atoms with Gasteiger partial charge in [0, 0.05) is 24.4 Å². The molecule has 1 N–H and O–H groups in total. The number of benzene rings is 2. The van der Waals surface area contributed by atoms with E-state index in [4.69, 9.17) is 32.7 Å². The Hall–Kier alpha value is -2.74. The van der Waals surface area contributed by atoms with Crippen molar-refractivity contribution in [3.8, 4) is 0 Å². The lowest BCUT2D eigenvalue weighted by molar-refractivity contribution is -0.270. The Morgan fingerprint density at radius 3 is 1.94 bits per heavy atom. The molecule has 8 atom stereocenters. The van der Waals surface area contributed by atoms with Crippen LogP contribution in [0.15, 0.2) is 60.4 Å². The Morgan fingerprint density at radius 2 is 1.42 bits per heavy atom. The second kappa shape index (κ2) is 8.07. The fraction of sp³-hybridized carbons (Fsp3) is 0.417. The zero-order chi connectivity index (χ0) is 33.9. The molecule has 0 aromatic heterocycles. The van der Waals surface area contributed by atoms with Gasteiger partial charge in [-0.1, -0.05) is 60.4 Å². The molecule has 2 bridgehead atoms. The van der Waals surface area contributed by atoms with Gasteiger partial charge in [0.1, 0.15) is 6.10 Å². The van der Waals surface area contributed by atoms with Crippen molar-refractivity contribution in [2.24, 2.45) is 11.8 Å². The summed E-state index contributed by atoms with van der Waals surface area (Å²) in [4.78, 5) is 28.1. The van der Waals surface area contributed by atoms with Crippen molar-refractivity contribution >= 4 is 11.9 Å².